The van der Waals surface area contributed by atoms with Gasteiger partial charge in [-0.25, -0.2) is 0 Å². The molecule has 0 nitrogen and oxygen atoms in total. The van der Waals surface area contributed by atoms with Gasteiger partial charge in [0.15, 0.2) is 0 Å². The van der Waals surface area contributed by atoms with Gasteiger partial charge in [-0.1, -0.05) is 41.5 Å². The van der Waals surface area contributed by atoms with E-state index in [4.69, 9.17) is 0 Å². The van der Waals surface area contributed by atoms with E-state index in [1.165, 1.54) is 6.42 Å². The lowest BCUT2D eigenvalue weighted by atomic mass is 9.29. The minimum Gasteiger partial charge on any atom is -0.0622 e. The van der Waals surface area contributed by atoms with Gasteiger partial charge in [-0.05, 0) is 64.6 Å². The van der Waals surface area contributed by atoms with E-state index < -0.39 is 0 Å². The first kappa shape index (κ1) is 10.9. The van der Waals surface area contributed by atoms with Gasteiger partial charge >= 0.3 is 0 Å². The fourth-order valence-electron chi connectivity index (χ4n) is 8.31. The average molecular weight is 232 g/mol. The molecule has 0 saturated heterocycles. The third-order valence-electron chi connectivity index (χ3n) is 9.31. The van der Waals surface area contributed by atoms with Crippen LogP contribution in [0.15, 0.2) is 0 Å². The second-order valence-corrected chi connectivity index (χ2v) is 8.62. The molecule has 4 aliphatic rings. The molecule has 0 aromatic carbocycles. The van der Waals surface area contributed by atoms with E-state index in [0.29, 0.717) is 10.8 Å². The smallest absolute Gasteiger partial charge is 0.0204 e. The summed E-state index contributed by atoms with van der Waals surface area (Å²) in [5.74, 6) is 6.01. The molecule has 0 heteroatoms. The van der Waals surface area contributed by atoms with E-state index in [9.17, 15) is 0 Å². The lowest BCUT2D eigenvalue weighted by molar-refractivity contribution is -0.281. The van der Waals surface area contributed by atoms with Gasteiger partial charge < -0.3 is 0 Å². The van der Waals surface area contributed by atoms with Crippen LogP contribution >= 0.6 is 0 Å². The number of rotatable bonds is 0. The maximum Gasteiger partial charge on any atom is -0.0204 e. The van der Waals surface area contributed by atoms with Gasteiger partial charge in [0.1, 0.15) is 0 Å². The topological polar surface area (TPSA) is 0 Å². The Balaban J connectivity index is 1.92. The molecule has 4 aliphatic carbocycles. The van der Waals surface area contributed by atoms with E-state index in [1.807, 2.05) is 0 Å². The molecule has 4 rings (SSSR count). The number of hydrogen-bond acceptors (Lipinski definition) is 0. The van der Waals surface area contributed by atoms with Crippen LogP contribution in [0.5, 0.6) is 0 Å². The zero-order valence-corrected chi connectivity index (χ0v) is 12.4. The van der Waals surface area contributed by atoms with Gasteiger partial charge in [-0.15, -0.1) is 0 Å². The van der Waals surface area contributed by atoms with Crippen molar-refractivity contribution in [3.05, 3.63) is 0 Å². The highest BCUT2D eigenvalue weighted by Gasteiger charge is 2.83. The Morgan fingerprint density at radius 3 is 2.06 bits per heavy atom. The summed E-state index contributed by atoms with van der Waals surface area (Å²) in [6.45, 7) is 15.6. The molecule has 9 unspecified atom stereocenters. The van der Waals surface area contributed by atoms with Gasteiger partial charge in [-0.2, -0.15) is 0 Å². The van der Waals surface area contributed by atoms with Crippen molar-refractivity contribution >= 4 is 0 Å². The van der Waals surface area contributed by atoms with Crippen molar-refractivity contribution in [1.29, 1.82) is 0 Å². The molecule has 0 amide bonds. The van der Waals surface area contributed by atoms with E-state index in [-0.39, 0.29) is 0 Å². The lowest BCUT2D eigenvalue weighted by Gasteiger charge is -2.75. The summed E-state index contributed by atoms with van der Waals surface area (Å²) in [4.78, 5) is 0. The molecule has 96 valence electrons. The van der Waals surface area contributed by atoms with Crippen molar-refractivity contribution in [2.24, 2.45) is 51.8 Å². The van der Waals surface area contributed by atoms with Crippen molar-refractivity contribution in [2.45, 2.75) is 54.4 Å². The maximum atomic E-state index is 2.65. The van der Waals surface area contributed by atoms with Crippen molar-refractivity contribution in [3.8, 4) is 0 Å². The molecule has 4 saturated carbocycles. The van der Waals surface area contributed by atoms with Crippen LogP contribution in [0.1, 0.15) is 54.4 Å². The largest absolute Gasteiger partial charge is 0.0622 e. The summed E-state index contributed by atoms with van der Waals surface area (Å²) in [6.07, 6.45) is 3.11. The first-order valence-corrected chi connectivity index (χ1v) is 7.82. The minimum atomic E-state index is 0.635. The first-order chi connectivity index (χ1) is 7.82. The standard InChI is InChI=1S/C17H28/c1-9-7-17-8-13-10(2)15(5,11(3)14(9)17)16(13,6)12(17)4/h9-14H,7-8H2,1-6H3. The average Bonchev–Trinajstić information content (AvgIpc) is 2.43. The van der Waals surface area contributed by atoms with E-state index in [2.05, 4.69) is 41.5 Å². The molecule has 1 spiro atoms. The summed E-state index contributed by atoms with van der Waals surface area (Å²) in [5, 5.41) is 0. The van der Waals surface area contributed by atoms with Crippen LogP contribution in [-0.2, 0) is 0 Å². The van der Waals surface area contributed by atoms with Crippen molar-refractivity contribution in [3.63, 3.8) is 0 Å². The fraction of sp³-hybridized carbons (Fsp3) is 1.00. The molecule has 9 atom stereocenters. The van der Waals surface area contributed by atoms with Crippen LogP contribution in [0.3, 0.4) is 0 Å². The van der Waals surface area contributed by atoms with E-state index >= 15 is 0 Å². The fourth-order valence-corrected chi connectivity index (χ4v) is 8.31. The molecule has 0 aromatic heterocycles. The molecular formula is C17H28. The van der Waals surface area contributed by atoms with Gasteiger partial charge in [-0.3, -0.25) is 0 Å². The molecule has 0 aromatic rings. The van der Waals surface area contributed by atoms with Crippen molar-refractivity contribution < 1.29 is 0 Å². The van der Waals surface area contributed by atoms with Crippen molar-refractivity contribution in [1.82, 2.24) is 0 Å². The lowest BCUT2D eigenvalue weighted by Crippen LogP contribution is -2.71. The summed E-state index contributed by atoms with van der Waals surface area (Å²) < 4.78 is 0. The normalized spacial score (nSPS) is 75.9. The quantitative estimate of drug-likeness (QED) is 0.573. The zero-order chi connectivity index (χ0) is 12.4. The number of hydrogen-bond donors (Lipinski definition) is 0. The van der Waals surface area contributed by atoms with Crippen LogP contribution in [0.25, 0.3) is 0 Å². The second kappa shape index (κ2) is 2.49. The zero-order valence-electron chi connectivity index (χ0n) is 12.4. The predicted octanol–water partition coefficient (Wildman–Crippen LogP) is 4.60. The van der Waals surface area contributed by atoms with E-state index in [1.54, 1.807) is 6.42 Å². The Morgan fingerprint density at radius 2 is 1.47 bits per heavy atom. The Labute approximate surface area is 107 Å². The van der Waals surface area contributed by atoms with Crippen LogP contribution < -0.4 is 0 Å². The SMILES string of the molecule is CC1CC23CC4C(C)C(C)(C(C)C12)C4(C)C3C. The van der Waals surface area contributed by atoms with Gasteiger partial charge in [0, 0.05) is 0 Å². The molecule has 0 aliphatic heterocycles. The molecule has 0 N–H and O–H groups in total. The monoisotopic (exact) mass is 232 g/mol. The maximum absolute atomic E-state index is 2.65. The third-order valence-corrected chi connectivity index (χ3v) is 9.31. The van der Waals surface area contributed by atoms with Crippen molar-refractivity contribution in [2.75, 3.05) is 0 Å². The van der Waals surface area contributed by atoms with Crippen LogP contribution in [-0.4, -0.2) is 0 Å². The highest BCUT2D eigenvalue weighted by Crippen LogP contribution is 2.89. The van der Waals surface area contributed by atoms with Crippen LogP contribution in [0, 0.1) is 51.8 Å². The summed E-state index contributed by atoms with van der Waals surface area (Å²) in [6, 6.07) is 0. The summed E-state index contributed by atoms with van der Waals surface area (Å²) >= 11 is 0. The summed E-state index contributed by atoms with van der Waals surface area (Å²) in [7, 11) is 0. The Hall–Kier alpha value is 0. The van der Waals surface area contributed by atoms with Gasteiger partial charge in [0.25, 0.3) is 0 Å². The molecule has 17 heavy (non-hydrogen) atoms. The molecule has 2 bridgehead atoms. The minimum absolute atomic E-state index is 0.635. The molecule has 4 fully saturated rings. The summed E-state index contributed by atoms with van der Waals surface area (Å²) in [5.41, 5.74) is 2.07. The van der Waals surface area contributed by atoms with Gasteiger partial charge in [0.2, 0.25) is 0 Å². The highest BCUT2D eigenvalue weighted by atomic mass is 14.9. The van der Waals surface area contributed by atoms with E-state index in [0.717, 1.165) is 40.9 Å². The Morgan fingerprint density at radius 1 is 0.824 bits per heavy atom. The van der Waals surface area contributed by atoms with Crippen LogP contribution in [0.4, 0.5) is 0 Å². The third kappa shape index (κ3) is 0.699. The molecular weight excluding hydrogens is 204 g/mol. The molecule has 0 radical (unpaired) electrons. The van der Waals surface area contributed by atoms with Gasteiger partial charge in [0.05, 0.1) is 0 Å². The first-order valence-electron chi connectivity index (χ1n) is 7.82. The Bertz CT molecular complexity index is 399. The predicted molar refractivity (Wildman–Crippen MR) is 71.5 cm³/mol. The van der Waals surface area contributed by atoms with Crippen LogP contribution in [0.2, 0.25) is 0 Å². The Kier molecular flexibility index (Phi) is 1.60. The molecule has 0 heterocycles. The second-order valence-electron chi connectivity index (χ2n) is 8.62. The highest BCUT2D eigenvalue weighted by molar-refractivity contribution is 5.31.